The summed E-state index contributed by atoms with van der Waals surface area (Å²) < 4.78 is 12.1. The number of benzene rings is 2. The van der Waals surface area contributed by atoms with E-state index >= 15 is 0 Å². The highest BCUT2D eigenvalue weighted by atomic mass is 32.1. The van der Waals surface area contributed by atoms with Crippen LogP contribution in [0.1, 0.15) is 36.2 Å². The molecule has 2 atom stereocenters. The SMILES string of the molecule is COc1nc2c(C(=O)Nc3ccc4c(c3)CCCO4)ccc(N3C[C@H](C)N[C@@H](C)C3)c2s1. The molecule has 0 unspecified atom stereocenters. The molecule has 32 heavy (non-hydrogen) atoms. The smallest absolute Gasteiger partial charge is 0.274 e. The van der Waals surface area contributed by atoms with Crippen LogP contribution < -0.4 is 25.0 Å². The quantitative estimate of drug-likeness (QED) is 0.622. The standard InChI is InChI=1S/C24H28N4O3S/c1-14-12-28(13-15(2)25-14)19-8-7-18(21-22(19)32-24(27-21)30-3)23(29)26-17-6-9-20-16(11-17)5-4-10-31-20/h6-9,11,14-15,25H,4-5,10,12-13H2,1-3H3,(H,26,29)/t14-,15-/m0/s1. The van der Waals surface area contributed by atoms with Crippen molar-refractivity contribution in [2.24, 2.45) is 0 Å². The Labute approximate surface area is 191 Å². The summed E-state index contributed by atoms with van der Waals surface area (Å²) in [6, 6.07) is 10.5. The molecule has 1 aromatic heterocycles. The van der Waals surface area contributed by atoms with Gasteiger partial charge in [0.15, 0.2) is 0 Å². The van der Waals surface area contributed by atoms with Gasteiger partial charge >= 0.3 is 0 Å². The average Bonchev–Trinajstić information content (AvgIpc) is 3.22. The van der Waals surface area contributed by atoms with Crippen LogP contribution in [0.2, 0.25) is 0 Å². The van der Waals surface area contributed by atoms with Crippen LogP contribution in [0.25, 0.3) is 10.2 Å². The summed E-state index contributed by atoms with van der Waals surface area (Å²) in [5, 5.41) is 7.18. The lowest BCUT2D eigenvalue weighted by molar-refractivity contribution is 0.102. The molecule has 1 saturated heterocycles. The fraction of sp³-hybridized carbons (Fsp3) is 0.417. The van der Waals surface area contributed by atoms with Gasteiger partial charge in [0.2, 0.25) is 0 Å². The molecule has 1 fully saturated rings. The van der Waals surface area contributed by atoms with Crippen molar-refractivity contribution in [3.8, 4) is 10.9 Å². The van der Waals surface area contributed by atoms with Crippen molar-refractivity contribution in [2.45, 2.75) is 38.8 Å². The molecule has 2 aliphatic heterocycles. The van der Waals surface area contributed by atoms with E-state index in [9.17, 15) is 4.79 Å². The zero-order valence-electron chi connectivity index (χ0n) is 18.6. The van der Waals surface area contributed by atoms with Crippen LogP contribution in [0.15, 0.2) is 30.3 Å². The number of piperazine rings is 1. The first-order valence-corrected chi connectivity index (χ1v) is 11.9. The van der Waals surface area contributed by atoms with Crippen LogP contribution >= 0.6 is 11.3 Å². The second-order valence-electron chi connectivity index (χ2n) is 8.60. The number of aryl methyl sites for hydroxylation is 1. The Hall–Kier alpha value is -2.84. The number of fused-ring (bicyclic) bond motifs is 2. The van der Waals surface area contributed by atoms with Crippen LogP contribution in [-0.4, -0.2) is 49.8 Å². The van der Waals surface area contributed by atoms with Gasteiger partial charge in [-0.25, -0.2) is 4.98 Å². The van der Waals surface area contributed by atoms with Crippen LogP contribution in [-0.2, 0) is 6.42 Å². The highest BCUT2D eigenvalue weighted by Gasteiger charge is 2.26. The minimum absolute atomic E-state index is 0.173. The second-order valence-corrected chi connectivity index (χ2v) is 9.56. The van der Waals surface area contributed by atoms with Gasteiger partial charge in [-0.05, 0) is 62.6 Å². The molecule has 0 saturated carbocycles. The number of rotatable bonds is 4. The van der Waals surface area contributed by atoms with Gasteiger partial charge in [0.05, 0.1) is 29.7 Å². The molecule has 2 aromatic carbocycles. The van der Waals surface area contributed by atoms with E-state index in [2.05, 4.69) is 34.4 Å². The largest absolute Gasteiger partial charge is 0.493 e. The number of methoxy groups -OCH3 is 1. The minimum Gasteiger partial charge on any atom is -0.493 e. The van der Waals surface area contributed by atoms with Crippen molar-refractivity contribution < 1.29 is 14.3 Å². The summed E-state index contributed by atoms with van der Waals surface area (Å²) in [6.07, 6.45) is 1.96. The van der Waals surface area contributed by atoms with Gasteiger partial charge < -0.3 is 25.0 Å². The maximum absolute atomic E-state index is 13.2. The van der Waals surface area contributed by atoms with Gasteiger partial charge in [-0.15, -0.1) is 0 Å². The lowest BCUT2D eigenvalue weighted by Crippen LogP contribution is -2.54. The number of nitrogens with one attached hydrogen (secondary N) is 2. The van der Waals surface area contributed by atoms with Gasteiger partial charge in [-0.3, -0.25) is 4.79 Å². The maximum Gasteiger partial charge on any atom is 0.274 e. The van der Waals surface area contributed by atoms with E-state index in [1.807, 2.05) is 30.3 Å². The third-order valence-corrected chi connectivity index (χ3v) is 7.03. The molecular formula is C24H28N4O3S. The zero-order valence-corrected chi connectivity index (χ0v) is 19.4. The molecule has 2 N–H and O–H groups in total. The van der Waals surface area contributed by atoms with Gasteiger partial charge in [0.1, 0.15) is 11.3 Å². The highest BCUT2D eigenvalue weighted by molar-refractivity contribution is 7.21. The Morgan fingerprint density at radius 2 is 2.06 bits per heavy atom. The first-order chi connectivity index (χ1) is 15.5. The molecule has 3 heterocycles. The van der Waals surface area contributed by atoms with Crippen molar-refractivity contribution in [3.05, 3.63) is 41.5 Å². The summed E-state index contributed by atoms with van der Waals surface area (Å²) >= 11 is 1.48. The monoisotopic (exact) mass is 452 g/mol. The van der Waals surface area contributed by atoms with Gasteiger partial charge in [0, 0.05) is 30.9 Å². The van der Waals surface area contributed by atoms with Crippen LogP contribution in [0, 0.1) is 0 Å². The lowest BCUT2D eigenvalue weighted by atomic mass is 10.1. The Morgan fingerprint density at radius 3 is 2.84 bits per heavy atom. The molecule has 1 amide bonds. The molecule has 3 aromatic rings. The zero-order chi connectivity index (χ0) is 22.2. The molecule has 0 aliphatic carbocycles. The number of nitrogens with zero attached hydrogens (tertiary/aromatic N) is 2. The van der Waals surface area contributed by atoms with E-state index in [1.165, 1.54) is 11.3 Å². The number of aromatic nitrogens is 1. The number of hydrogen-bond acceptors (Lipinski definition) is 7. The molecule has 5 rings (SSSR count). The Bertz CT molecular complexity index is 1150. The van der Waals surface area contributed by atoms with Crippen molar-refractivity contribution >= 4 is 38.8 Å². The van der Waals surface area contributed by atoms with Gasteiger partial charge in [-0.1, -0.05) is 11.3 Å². The average molecular weight is 453 g/mol. The van der Waals surface area contributed by atoms with E-state index in [4.69, 9.17) is 9.47 Å². The highest BCUT2D eigenvalue weighted by Crippen LogP contribution is 2.38. The fourth-order valence-corrected chi connectivity index (χ4v) is 5.60. The summed E-state index contributed by atoms with van der Waals surface area (Å²) in [5.41, 5.74) is 4.23. The predicted molar refractivity (Wildman–Crippen MR) is 129 cm³/mol. The Kier molecular flexibility index (Phi) is 5.65. The third kappa shape index (κ3) is 4.00. The molecule has 0 spiro atoms. The third-order valence-electron chi connectivity index (χ3n) is 5.99. The fourth-order valence-electron chi connectivity index (χ4n) is 4.65. The number of carbonyl (C=O) groups is 1. The molecule has 0 radical (unpaired) electrons. The summed E-state index contributed by atoms with van der Waals surface area (Å²) in [5.74, 6) is 0.734. The maximum atomic E-state index is 13.2. The summed E-state index contributed by atoms with van der Waals surface area (Å²) in [4.78, 5) is 20.2. The lowest BCUT2D eigenvalue weighted by Gasteiger charge is -2.37. The van der Waals surface area contributed by atoms with E-state index in [-0.39, 0.29) is 5.91 Å². The Balaban J connectivity index is 1.48. The van der Waals surface area contributed by atoms with E-state index in [1.54, 1.807) is 7.11 Å². The van der Waals surface area contributed by atoms with E-state index in [0.717, 1.165) is 59.9 Å². The van der Waals surface area contributed by atoms with Crippen molar-refractivity contribution in [1.82, 2.24) is 10.3 Å². The first kappa shape index (κ1) is 21.0. The summed E-state index contributed by atoms with van der Waals surface area (Å²) in [6.45, 7) is 6.95. The molecule has 7 nitrogen and oxygen atoms in total. The molecule has 168 valence electrons. The van der Waals surface area contributed by atoms with Crippen molar-refractivity contribution in [2.75, 3.05) is 37.0 Å². The summed E-state index contributed by atoms with van der Waals surface area (Å²) in [7, 11) is 1.61. The van der Waals surface area contributed by atoms with Crippen molar-refractivity contribution in [1.29, 1.82) is 0 Å². The van der Waals surface area contributed by atoms with E-state index < -0.39 is 0 Å². The number of thiazole rings is 1. The van der Waals surface area contributed by atoms with Gasteiger partial charge in [0.25, 0.3) is 11.1 Å². The number of anilines is 2. The number of ether oxygens (including phenoxy) is 2. The normalized spacial score (nSPS) is 20.5. The van der Waals surface area contributed by atoms with Crippen molar-refractivity contribution in [3.63, 3.8) is 0 Å². The topological polar surface area (TPSA) is 75.7 Å². The van der Waals surface area contributed by atoms with E-state index in [0.29, 0.717) is 28.4 Å². The molecular weight excluding hydrogens is 424 g/mol. The van der Waals surface area contributed by atoms with Crippen LogP contribution in [0.3, 0.4) is 0 Å². The van der Waals surface area contributed by atoms with Crippen LogP contribution in [0.5, 0.6) is 10.9 Å². The number of hydrogen-bond donors (Lipinski definition) is 2. The minimum atomic E-state index is -0.173. The Morgan fingerprint density at radius 1 is 1.25 bits per heavy atom. The number of carbonyl (C=O) groups excluding carboxylic acids is 1. The second kappa shape index (κ2) is 8.60. The molecule has 0 bridgehead atoms. The first-order valence-electron chi connectivity index (χ1n) is 11.1. The number of amides is 1. The molecule has 8 heteroatoms. The van der Waals surface area contributed by atoms with Crippen LogP contribution in [0.4, 0.5) is 11.4 Å². The predicted octanol–water partition coefficient (Wildman–Crippen LogP) is 4.07. The van der Waals surface area contributed by atoms with Gasteiger partial charge in [-0.2, -0.15) is 0 Å². The molecule has 2 aliphatic rings.